The van der Waals surface area contributed by atoms with Gasteiger partial charge in [0, 0.05) is 14.7 Å². The van der Waals surface area contributed by atoms with Crippen molar-refractivity contribution < 1.29 is 4.79 Å². The van der Waals surface area contributed by atoms with E-state index in [1.807, 2.05) is 42.5 Å². The van der Waals surface area contributed by atoms with Gasteiger partial charge >= 0.3 is 0 Å². The molecule has 15 heteroatoms. The Labute approximate surface area is 229 Å². The summed E-state index contributed by atoms with van der Waals surface area (Å²) in [5.74, 6) is 6.84. The van der Waals surface area contributed by atoms with Crippen molar-refractivity contribution in [1.82, 2.24) is 25.1 Å². The number of nitrogens with zero attached hydrogens (tertiary/aromatic N) is 6. The number of aromatic nitrogens is 5. The van der Waals surface area contributed by atoms with Gasteiger partial charge in [0.25, 0.3) is 5.95 Å². The fraction of sp³-hybridized carbons (Fsp3) is 0.100. The zero-order valence-electron chi connectivity index (χ0n) is 17.8. The predicted molar refractivity (Wildman–Crippen MR) is 148 cm³/mol. The highest BCUT2D eigenvalue weighted by atomic mass is 79.9. The smallest absolute Gasteiger partial charge is 0.264 e. The van der Waals surface area contributed by atoms with Crippen molar-refractivity contribution in [2.75, 3.05) is 22.3 Å². The molecule has 0 radical (unpaired) electrons. The molecule has 0 saturated carbocycles. The predicted octanol–water partition coefficient (Wildman–Crippen LogP) is 4.84. The summed E-state index contributed by atoms with van der Waals surface area (Å²) in [5, 5.41) is 23.8. The van der Waals surface area contributed by atoms with Crippen molar-refractivity contribution in [3.8, 4) is 0 Å². The number of nitrogens with two attached hydrogens (primary N) is 1. The number of carbonyl (C=O) groups is 1. The summed E-state index contributed by atoms with van der Waals surface area (Å²) in [7, 11) is 0. The molecule has 0 unspecified atom stereocenters. The van der Waals surface area contributed by atoms with Gasteiger partial charge in [0.1, 0.15) is 0 Å². The van der Waals surface area contributed by atoms with Crippen molar-refractivity contribution in [2.45, 2.75) is 15.2 Å². The Bertz CT molecular complexity index is 1330. The molecule has 35 heavy (non-hydrogen) atoms. The van der Waals surface area contributed by atoms with Crippen LogP contribution in [0.25, 0.3) is 0 Å². The van der Waals surface area contributed by atoms with E-state index >= 15 is 0 Å². The molecule has 2 aromatic carbocycles. The number of amides is 1. The van der Waals surface area contributed by atoms with E-state index in [4.69, 9.17) is 5.84 Å². The van der Waals surface area contributed by atoms with Gasteiger partial charge in [-0.3, -0.25) is 10.1 Å². The van der Waals surface area contributed by atoms with Crippen LogP contribution in [0.2, 0.25) is 0 Å². The topological polar surface area (TPSA) is 136 Å². The summed E-state index contributed by atoms with van der Waals surface area (Å²) in [6.45, 7) is 0. The monoisotopic (exact) mass is 653 g/mol. The molecular weight excluding hydrogens is 638 g/mol. The van der Waals surface area contributed by atoms with Crippen LogP contribution in [-0.4, -0.2) is 42.9 Å². The first-order chi connectivity index (χ1) is 17.0. The number of hydrazone groups is 1. The van der Waals surface area contributed by atoms with Gasteiger partial charge in [-0.25, -0.2) is 10.1 Å². The molecule has 0 aliphatic rings. The van der Waals surface area contributed by atoms with Gasteiger partial charge in [0.05, 0.1) is 12.0 Å². The summed E-state index contributed by atoms with van der Waals surface area (Å²) in [6, 6.07) is 15.7. The third kappa shape index (κ3) is 7.76. The van der Waals surface area contributed by atoms with Gasteiger partial charge < -0.3 is 5.84 Å². The first-order valence-corrected chi connectivity index (χ1v) is 14.2. The number of hydrogen-bond donors (Lipinski definition) is 3. The Morgan fingerprint density at radius 3 is 2.71 bits per heavy atom. The Morgan fingerprint density at radius 2 is 1.91 bits per heavy atom. The second kappa shape index (κ2) is 12.5. The fourth-order valence-corrected chi connectivity index (χ4v) is 5.62. The standard InChI is InChI=1S/C20H17Br2N9OS3/c21-14-6-4-12(5-7-14)9-24-26-17-27-29-19(31(17)23)33-11-16(32)25-18-28-30-20(35-18)34-10-13-2-1-3-15(22)8-13/h1-9H,10-11,23H2,(H,26,27)(H,25,28,32)/b24-9+. The molecule has 4 N–H and O–H groups in total. The molecule has 4 aromatic rings. The molecule has 2 heterocycles. The molecule has 180 valence electrons. The number of rotatable bonds is 10. The summed E-state index contributed by atoms with van der Waals surface area (Å²) in [4.78, 5) is 12.3. The lowest BCUT2D eigenvalue weighted by atomic mass is 10.2. The van der Waals surface area contributed by atoms with Crippen LogP contribution in [0.1, 0.15) is 11.1 Å². The SMILES string of the molecule is Nn1c(N/N=C/c2ccc(Br)cc2)nnc1SCC(=O)Nc1nnc(SCc2cccc(Br)c2)s1. The first-order valence-electron chi connectivity index (χ1n) is 9.85. The molecule has 0 bridgehead atoms. The quantitative estimate of drug-likeness (QED) is 0.0722. The van der Waals surface area contributed by atoms with Crippen molar-refractivity contribution >= 4 is 89.9 Å². The summed E-state index contributed by atoms with van der Waals surface area (Å²) in [6.07, 6.45) is 1.63. The molecule has 0 aliphatic carbocycles. The molecule has 1 amide bonds. The number of halogens is 2. The summed E-state index contributed by atoms with van der Waals surface area (Å²) >= 11 is 10.9. The van der Waals surface area contributed by atoms with Gasteiger partial charge in [0.2, 0.25) is 16.2 Å². The van der Waals surface area contributed by atoms with Gasteiger partial charge in [0.15, 0.2) is 4.34 Å². The van der Waals surface area contributed by atoms with Crippen molar-refractivity contribution in [3.63, 3.8) is 0 Å². The van der Waals surface area contributed by atoms with E-state index < -0.39 is 0 Å². The molecule has 2 aromatic heterocycles. The minimum absolute atomic E-state index is 0.0809. The van der Waals surface area contributed by atoms with E-state index in [1.165, 1.54) is 21.6 Å². The van der Waals surface area contributed by atoms with Gasteiger partial charge in [-0.15, -0.1) is 20.4 Å². The number of carbonyl (C=O) groups excluding carboxylic acids is 1. The zero-order chi connectivity index (χ0) is 24.6. The minimum atomic E-state index is -0.250. The van der Waals surface area contributed by atoms with E-state index in [0.717, 1.165) is 36.4 Å². The summed E-state index contributed by atoms with van der Waals surface area (Å²) in [5.41, 5.74) is 4.81. The average molecular weight is 655 g/mol. The minimum Gasteiger partial charge on any atom is -0.334 e. The largest absolute Gasteiger partial charge is 0.334 e. The number of hydrogen-bond acceptors (Lipinski definition) is 11. The Morgan fingerprint density at radius 1 is 1.09 bits per heavy atom. The Kier molecular flexibility index (Phi) is 9.14. The maximum atomic E-state index is 12.3. The lowest BCUT2D eigenvalue weighted by Gasteiger charge is -2.03. The van der Waals surface area contributed by atoms with Crippen molar-refractivity contribution in [2.24, 2.45) is 5.10 Å². The van der Waals surface area contributed by atoms with E-state index in [-0.39, 0.29) is 17.6 Å². The lowest BCUT2D eigenvalue weighted by Crippen LogP contribution is -2.16. The summed E-state index contributed by atoms with van der Waals surface area (Å²) < 4.78 is 4.02. The fourth-order valence-electron chi connectivity index (χ4n) is 2.54. The molecule has 0 atom stereocenters. The van der Waals surface area contributed by atoms with E-state index in [0.29, 0.717) is 10.3 Å². The number of thioether (sulfide) groups is 2. The Hall–Kier alpha value is -2.46. The normalized spacial score (nSPS) is 11.1. The van der Waals surface area contributed by atoms with Crippen LogP contribution in [0.4, 0.5) is 11.1 Å². The number of nitrogens with one attached hydrogen (secondary N) is 2. The molecule has 0 spiro atoms. The third-order valence-electron chi connectivity index (χ3n) is 4.15. The Balaban J connectivity index is 1.23. The molecule has 0 aliphatic heterocycles. The van der Waals surface area contributed by atoms with E-state index in [2.05, 4.69) is 74.2 Å². The molecule has 0 fully saturated rings. The molecule has 4 rings (SSSR count). The maximum Gasteiger partial charge on any atom is 0.264 e. The highest BCUT2D eigenvalue weighted by Crippen LogP contribution is 2.29. The van der Waals surface area contributed by atoms with Gasteiger partial charge in [-0.1, -0.05) is 91.0 Å². The van der Waals surface area contributed by atoms with E-state index in [1.54, 1.807) is 18.0 Å². The van der Waals surface area contributed by atoms with E-state index in [9.17, 15) is 4.79 Å². The zero-order valence-corrected chi connectivity index (χ0v) is 23.4. The number of nitrogen functional groups attached to an aromatic ring is 1. The van der Waals surface area contributed by atoms with Crippen LogP contribution in [0.3, 0.4) is 0 Å². The van der Waals surface area contributed by atoms with Crippen LogP contribution in [0.15, 0.2) is 72.1 Å². The van der Waals surface area contributed by atoms with Crippen molar-refractivity contribution in [1.29, 1.82) is 0 Å². The highest BCUT2D eigenvalue weighted by molar-refractivity contribution is 9.10. The molecule has 10 nitrogen and oxygen atoms in total. The lowest BCUT2D eigenvalue weighted by molar-refractivity contribution is -0.113. The van der Waals surface area contributed by atoms with Crippen LogP contribution < -0.4 is 16.6 Å². The number of anilines is 2. The molecular formula is C20H17Br2N9OS3. The average Bonchev–Trinajstić information content (AvgIpc) is 3.44. The van der Waals surface area contributed by atoms with Crippen molar-refractivity contribution in [3.05, 3.63) is 68.6 Å². The van der Waals surface area contributed by atoms with Crippen LogP contribution in [0.5, 0.6) is 0 Å². The second-order valence-electron chi connectivity index (χ2n) is 6.73. The van der Waals surface area contributed by atoms with Crippen LogP contribution in [-0.2, 0) is 10.5 Å². The highest BCUT2D eigenvalue weighted by Gasteiger charge is 2.14. The maximum absolute atomic E-state index is 12.3. The first kappa shape index (κ1) is 25.6. The van der Waals surface area contributed by atoms with Gasteiger partial charge in [-0.05, 0) is 35.4 Å². The number of benzene rings is 2. The molecule has 0 saturated heterocycles. The third-order valence-corrected chi connectivity index (χ3v) is 8.16. The second-order valence-corrected chi connectivity index (χ2v) is 11.7. The van der Waals surface area contributed by atoms with Gasteiger partial charge in [-0.2, -0.15) is 5.10 Å². The van der Waals surface area contributed by atoms with Crippen LogP contribution >= 0.6 is 66.7 Å². The van der Waals surface area contributed by atoms with Crippen LogP contribution in [0, 0.1) is 0 Å².